The molecule has 0 N–H and O–H groups in total. The third-order valence-corrected chi connectivity index (χ3v) is 17.5. The Hall–Kier alpha value is -0.356. The van der Waals surface area contributed by atoms with Gasteiger partial charge in [-0.05, 0) is 16.6 Å². The molecule has 166 valence electrons. The van der Waals surface area contributed by atoms with Gasteiger partial charge < -0.3 is 4.43 Å². The van der Waals surface area contributed by atoms with Gasteiger partial charge in [0.1, 0.15) is 0 Å². The first-order valence-electron chi connectivity index (χ1n) is 12.0. The van der Waals surface area contributed by atoms with E-state index < -0.39 is 16.4 Å². The maximum absolute atomic E-state index is 13.0. The van der Waals surface area contributed by atoms with Crippen LogP contribution in [0.1, 0.15) is 101 Å². The molecule has 0 saturated carbocycles. The van der Waals surface area contributed by atoms with Gasteiger partial charge in [0.05, 0.1) is 8.07 Å². The van der Waals surface area contributed by atoms with Crippen molar-refractivity contribution in [2.24, 2.45) is 0 Å². The maximum atomic E-state index is 13.0. The summed E-state index contributed by atoms with van der Waals surface area (Å²) in [5.41, 5.74) is 3.70. The summed E-state index contributed by atoms with van der Waals surface area (Å²) < 4.78 is 6.37. The van der Waals surface area contributed by atoms with Gasteiger partial charge in [0.25, 0.3) is 8.32 Å². The lowest BCUT2D eigenvalue weighted by molar-refractivity contribution is -0.130. The molecule has 0 aliphatic heterocycles. The Morgan fingerprint density at radius 1 is 0.750 bits per heavy atom. The van der Waals surface area contributed by atoms with E-state index in [9.17, 15) is 4.79 Å². The molecule has 0 fully saturated rings. The first kappa shape index (κ1) is 27.6. The first-order valence-corrected chi connectivity index (χ1v) is 16.9. The Morgan fingerprint density at radius 3 is 1.39 bits per heavy atom. The molecule has 0 radical (unpaired) electrons. The second-order valence-electron chi connectivity index (χ2n) is 9.75. The summed E-state index contributed by atoms with van der Waals surface area (Å²) >= 11 is 0. The number of rotatable bonds is 15. The average Bonchev–Trinajstić information content (AvgIpc) is 2.64. The van der Waals surface area contributed by atoms with E-state index in [1.807, 2.05) is 6.08 Å². The van der Waals surface area contributed by atoms with Crippen molar-refractivity contribution in [1.29, 1.82) is 0 Å². The van der Waals surface area contributed by atoms with Crippen LogP contribution in [0.3, 0.4) is 0 Å². The highest BCUT2D eigenvalue weighted by molar-refractivity contribution is 6.85. The second-order valence-corrected chi connectivity index (χ2v) is 19.7. The minimum Gasteiger partial charge on any atom is -0.515 e. The van der Waals surface area contributed by atoms with E-state index in [0.717, 1.165) is 0 Å². The minimum atomic E-state index is -2.15. The van der Waals surface area contributed by atoms with Crippen LogP contribution >= 0.6 is 0 Å². The standard InChI is InChI=1S/C24H50O2Si2/c1-10-13-17-27(18-14-11-2,19-15-12-3)20-16-24(25)26-28(21(4)5,22(6)7)23(8)9/h16,20-23H,10-15,17-19H2,1-9H3/b20-16-. The fourth-order valence-corrected chi connectivity index (χ4v) is 15.1. The van der Waals surface area contributed by atoms with Crippen LogP contribution in [-0.4, -0.2) is 22.4 Å². The highest BCUT2D eigenvalue weighted by Gasteiger charge is 2.48. The van der Waals surface area contributed by atoms with Crippen molar-refractivity contribution in [2.75, 3.05) is 0 Å². The topological polar surface area (TPSA) is 26.3 Å². The number of carbonyl (C=O) groups is 1. The van der Waals surface area contributed by atoms with Crippen molar-refractivity contribution in [3.05, 3.63) is 11.8 Å². The molecule has 0 aliphatic rings. The summed E-state index contributed by atoms with van der Waals surface area (Å²) in [5, 5.41) is 0. The van der Waals surface area contributed by atoms with Gasteiger partial charge in [-0.15, -0.1) is 0 Å². The fraction of sp³-hybridized carbons (Fsp3) is 0.875. The third kappa shape index (κ3) is 8.18. The molecule has 2 nitrogen and oxygen atoms in total. The summed E-state index contributed by atoms with van der Waals surface area (Å²) in [6, 6.07) is 3.98. The number of hydrogen-bond donors (Lipinski definition) is 0. The van der Waals surface area contributed by atoms with Crippen LogP contribution in [0.4, 0.5) is 0 Å². The van der Waals surface area contributed by atoms with Gasteiger partial charge in [-0.1, -0.05) is 125 Å². The molecule has 0 rings (SSSR count). The van der Waals surface area contributed by atoms with Crippen LogP contribution in [0, 0.1) is 0 Å². The van der Waals surface area contributed by atoms with Crippen molar-refractivity contribution in [2.45, 2.75) is 136 Å². The van der Waals surface area contributed by atoms with Gasteiger partial charge >= 0.3 is 5.97 Å². The van der Waals surface area contributed by atoms with Gasteiger partial charge in [-0.2, -0.15) is 0 Å². The number of unbranched alkanes of at least 4 members (excludes halogenated alkanes) is 3. The van der Waals surface area contributed by atoms with E-state index in [1.165, 1.54) is 56.7 Å². The van der Waals surface area contributed by atoms with E-state index in [-0.39, 0.29) is 5.97 Å². The SMILES string of the molecule is CCCC[Si](/C=C\C(=O)O[Si](C(C)C)(C(C)C)C(C)C)(CCCC)CCCC. The van der Waals surface area contributed by atoms with E-state index in [1.54, 1.807) is 0 Å². The van der Waals surface area contributed by atoms with Crippen LogP contribution in [0.15, 0.2) is 11.8 Å². The van der Waals surface area contributed by atoms with E-state index in [2.05, 4.69) is 68.0 Å². The molecule has 0 saturated heterocycles. The molecule has 0 aromatic carbocycles. The van der Waals surface area contributed by atoms with Crippen LogP contribution < -0.4 is 0 Å². The van der Waals surface area contributed by atoms with Crippen molar-refractivity contribution >= 4 is 22.4 Å². The van der Waals surface area contributed by atoms with Gasteiger partial charge in [0.2, 0.25) is 0 Å². The fourth-order valence-electron chi connectivity index (χ4n) is 5.02. The molecular formula is C24H50O2Si2. The molecular weight excluding hydrogens is 376 g/mol. The van der Waals surface area contributed by atoms with Crippen molar-refractivity contribution in [1.82, 2.24) is 0 Å². The summed E-state index contributed by atoms with van der Waals surface area (Å²) in [5.74, 6) is -0.0656. The molecule has 0 aromatic heterocycles. The monoisotopic (exact) mass is 426 g/mol. The number of hydrogen-bond acceptors (Lipinski definition) is 2. The van der Waals surface area contributed by atoms with Crippen molar-refractivity contribution in [3.8, 4) is 0 Å². The molecule has 28 heavy (non-hydrogen) atoms. The summed E-state index contributed by atoms with van der Waals surface area (Å²) in [4.78, 5) is 13.0. The lowest BCUT2D eigenvalue weighted by atomic mass is 10.4. The van der Waals surface area contributed by atoms with Crippen molar-refractivity contribution < 1.29 is 9.22 Å². The van der Waals surface area contributed by atoms with Crippen molar-refractivity contribution in [3.63, 3.8) is 0 Å². The Balaban J connectivity index is 5.60. The quantitative estimate of drug-likeness (QED) is 0.193. The lowest BCUT2D eigenvalue weighted by Gasteiger charge is -2.41. The molecule has 0 aliphatic carbocycles. The molecule has 0 atom stereocenters. The predicted molar refractivity (Wildman–Crippen MR) is 131 cm³/mol. The van der Waals surface area contributed by atoms with Crippen LogP contribution in [0.25, 0.3) is 0 Å². The maximum Gasteiger partial charge on any atom is 0.316 e. The third-order valence-electron chi connectivity index (χ3n) is 6.64. The Bertz CT molecular complexity index is 412. The summed E-state index contributed by atoms with van der Waals surface area (Å²) in [7, 11) is -3.69. The zero-order valence-electron chi connectivity index (χ0n) is 20.6. The van der Waals surface area contributed by atoms with Gasteiger partial charge in [-0.25, -0.2) is 4.79 Å². The lowest BCUT2D eigenvalue weighted by Crippen LogP contribution is -2.49. The minimum absolute atomic E-state index is 0.0656. The largest absolute Gasteiger partial charge is 0.515 e. The van der Waals surface area contributed by atoms with E-state index in [4.69, 9.17) is 4.43 Å². The van der Waals surface area contributed by atoms with Gasteiger partial charge in [0.15, 0.2) is 0 Å². The smallest absolute Gasteiger partial charge is 0.316 e. The predicted octanol–water partition coefficient (Wildman–Crippen LogP) is 8.65. The van der Waals surface area contributed by atoms with Gasteiger partial charge in [0, 0.05) is 6.08 Å². The Morgan fingerprint density at radius 2 is 1.11 bits per heavy atom. The van der Waals surface area contributed by atoms with Crippen LogP contribution in [0.5, 0.6) is 0 Å². The van der Waals surface area contributed by atoms with Crippen LogP contribution in [0.2, 0.25) is 34.8 Å². The summed E-state index contributed by atoms with van der Waals surface area (Å²) in [6.07, 6.45) is 9.48. The highest BCUT2D eigenvalue weighted by atomic mass is 28.4. The molecule has 0 unspecified atom stereocenters. The molecule has 4 heteroatoms. The van der Waals surface area contributed by atoms with Gasteiger partial charge in [-0.3, -0.25) is 0 Å². The molecule has 0 amide bonds. The molecule has 0 spiro atoms. The molecule has 0 bridgehead atoms. The Labute approximate surface area is 179 Å². The second kappa shape index (κ2) is 13.8. The first-order chi connectivity index (χ1) is 13.1. The van der Waals surface area contributed by atoms with E-state index in [0.29, 0.717) is 16.6 Å². The van der Waals surface area contributed by atoms with E-state index >= 15 is 0 Å². The van der Waals surface area contributed by atoms with Crippen LogP contribution in [-0.2, 0) is 9.22 Å². The zero-order chi connectivity index (χ0) is 21.8. The normalized spacial score (nSPS) is 13.3. The summed E-state index contributed by atoms with van der Waals surface area (Å²) in [6.45, 7) is 20.3. The average molecular weight is 427 g/mol. The molecule has 0 heterocycles. The highest BCUT2D eigenvalue weighted by Crippen LogP contribution is 2.42. The Kier molecular flexibility index (Phi) is 13.6. The molecule has 0 aromatic rings. The number of carbonyl (C=O) groups excluding carboxylic acids is 1. The zero-order valence-corrected chi connectivity index (χ0v) is 22.6.